The van der Waals surface area contributed by atoms with Crippen LogP contribution < -0.4 is 10.4 Å². The van der Waals surface area contributed by atoms with E-state index in [9.17, 15) is 0 Å². The van der Waals surface area contributed by atoms with Gasteiger partial charge in [0.25, 0.3) is 0 Å². The van der Waals surface area contributed by atoms with E-state index in [1.165, 1.54) is 0 Å². The van der Waals surface area contributed by atoms with Gasteiger partial charge in [-0.05, 0) is 20.8 Å². The summed E-state index contributed by atoms with van der Waals surface area (Å²) in [5, 5.41) is 0. The first kappa shape index (κ1) is 37.3. The number of hydrogen-bond acceptors (Lipinski definition) is 0. The Labute approximate surface area is 54.3 Å². The van der Waals surface area contributed by atoms with Crippen molar-refractivity contribution in [3.05, 3.63) is 0 Å². The summed E-state index contributed by atoms with van der Waals surface area (Å²) in [5.41, 5.74) is 4.02. The molecular weight excluding hydrogens is 129 g/mol. The molecule has 0 aromatic carbocycles. The normalized spacial score (nSPS) is 6.67. The lowest BCUT2D eigenvalue weighted by molar-refractivity contribution is -0.458. The molecule has 0 aliphatic heterocycles. The minimum atomic E-state index is 0. The molecule has 0 unspecified atom stereocenters. The van der Waals surface area contributed by atoms with Gasteiger partial charge in [0.1, 0.15) is 0 Å². The highest BCUT2D eigenvalue weighted by Gasteiger charge is 2.00. The van der Waals surface area contributed by atoms with Gasteiger partial charge in [0.15, 0.2) is 0 Å². The zero-order valence-electron chi connectivity index (χ0n) is 6.09. The molecule has 0 saturated carbocycles. The van der Waals surface area contributed by atoms with E-state index in [0.29, 0.717) is 0 Å². The largest absolute Gasteiger partial charge is 1.00 e. The van der Waals surface area contributed by atoms with Crippen molar-refractivity contribution in [3.8, 4) is 0 Å². The lowest BCUT2D eigenvalue weighted by atomic mass is 10.1. The molecule has 0 atom stereocenters. The zero-order chi connectivity index (χ0) is 4.50. The maximum Gasteiger partial charge on any atom is 0.0860 e. The zero-order valence-corrected chi connectivity index (χ0v) is 6.09. The first-order valence-electron chi connectivity index (χ1n) is 1.85. The van der Waals surface area contributed by atoms with E-state index in [4.69, 9.17) is 0 Å². The van der Waals surface area contributed by atoms with Gasteiger partial charge in [0, 0.05) is 0 Å². The standard InChI is InChI=1S/C4H11N.FH.3H2O/c1-4(2,3)5;;;;/h5H2,1-3H3;1H;3*1H2. The summed E-state index contributed by atoms with van der Waals surface area (Å²) in [6, 6.07) is 0. The van der Waals surface area contributed by atoms with Crippen LogP contribution in [0.4, 0.5) is 0 Å². The van der Waals surface area contributed by atoms with Gasteiger partial charge < -0.3 is 26.9 Å². The van der Waals surface area contributed by atoms with Crippen LogP contribution in [-0.2, 0) is 0 Å². The van der Waals surface area contributed by atoms with Crippen molar-refractivity contribution in [1.29, 1.82) is 0 Å². The second-order valence-electron chi connectivity index (χ2n) is 2.56. The quantitative estimate of drug-likeness (QED) is 0.351. The van der Waals surface area contributed by atoms with E-state index in [-0.39, 0.29) is 26.7 Å². The summed E-state index contributed by atoms with van der Waals surface area (Å²) in [7, 11) is 0. The maximum atomic E-state index is 3.77. The van der Waals surface area contributed by atoms with Crippen LogP contribution in [-0.4, -0.2) is 22.0 Å². The Morgan fingerprint density at radius 3 is 0.889 bits per heavy atom. The molecule has 0 heterocycles. The van der Waals surface area contributed by atoms with Crippen molar-refractivity contribution in [2.75, 3.05) is 0 Å². The first-order valence-corrected chi connectivity index (χ1v) is 1.85. The van der Waals surface area contributed by atoms with Gasteiger partial charge in [0.2, 0.25) is 0 Å². The van der Waals surface area contributed by atoms with Crippen molar-refractivity contribution in [2.45, 2.75) is 26.3 Å². The van der Waals surface area contributed by atoms with Crippen LogP contribution >= 0.6 is 0 Å². The van der Waals surface area contributed by atoms with Gasteiger partial charge in [-0.2, -0.15) is 0 Å². The molecule has 0 aliphatic carbocycles. The molecule has 0 bridgehead atoms. The molecule has 0 aromatic rings. The van der Waals surface area contributed by atoms with Crippen molar-refractivity contribution in [1.82, 2.24) is 0 Å². The van der Waals surface area contributed by atoms with Crippen molar-refractivity contribution < 1.29 is 26.9 Å². The fourth-order valence-corrected chi connectivity index (χ4v) is 0. The molecule has 4 nitrogen and oxygen atoms in total. The summed E-state index contributed by atoms with van der Waals surface area (Å²) in [5.74, 6) is 0. The van der Waals surface area contributed by atoms with Crippen molar-refractivity contribution in [3.63, 3.8) is 0 Å². The molecular formula is C4H18FNO3. The summed E-state index contributed by atoms with van der Waals surface area (Å²) < 4.78 is 0. The van der Waals surface area contributed by atoms with E-state index in [2.05, 4.69) is 26.5 Å². The van der Waals surface area contributed by atoms with Gasteiger partial charge in [-0.15, -0.1) is 0 Å². The fraction of sp³-hybridized carbons (Fsp3) is 1.00. The van der Waals surface area contributed by atoms with E-state index < -0.39 is 0 Å². The minimum absolute atomic E-state index is 0. The Morgan fingerprint density at radius 1 is 0.889 bits per heavy atom. The summed E-state index contributed by atoms with van der Waals surface area (Å²) in [6.07, 6.45) is 0. The van der Waals surface area contributed by atoms with Crippen LogP contribution in [0.1, 0.15) is 20.8 Å². The van der Waals surface area contributed by atoms with E-state index in [0.717, 1.165) is 0 Å². The third-order valence-corrected chi connectivity index (χ3v) is 0. The molecule has 64 valence electrons. The number of halogens is 1. The average molecular weight is 147 g/mol. The van der Waals surface area contributed by atoms with Gasteiger partial charge in [-0.25, -0.2) is 0 Å². The summed E-state index contributed by atoms with van der Waals surface area (Å²) >= 11 is 0. The SMILES string of the molecule is CC(C)(C)[NH3+].O.O.O.[F-]. The van der Waals surface area contributed by atoms with Crippen LogP contribution in [0, 0.1) is 0 Å². The van der Waals surface area contributed by atoms with Gasteiger partial charge >= 0.3 is 0 Å². The summed E-state index contributed by atoms with van der Waals surface area (Å²) in [4.78, 5) is 0. The van der Waals surface area contributed by atoms with Crippen molar-refractivity contribution >= 4 is 0 Å². The molecule has 9 heavy (non-hydrogen) atoms. The number of quaternary nitrogens is 1. The molecule has 0 saturated heterocycles. The lowest BCUT2D eigenvalue weighted by Gasteiger charge is -2.01. The molecule has 0 fully saturated rings. The monoisotopic (exact) mass is 147 g/mol. The third-order valence-electron chi connectivity index (χ3n) is 0. The average Bonchev–Trinajstić information content (AvgIpc) is 0.722. The first-order chi connectivity index (χ1) is 2.00. The van der Waals surface area contributed by atoms with Crippen LogP contribution in [0.15, 0.2) is 0 Å². The predicted octanol–water partition coefficient (Wildman–Crippen LogP) is -5.44. The third kappa shape index (κ3) is 4890. The molecule has 5 heteroatoms. The second-order valence-corrected chi connectivity index (χ2v) is 2.56. The Bertz CT molecular complexity index is 31.3. The molecule has 0 spiro atoms. The maximum absolute atomic E-state index is 3.77. The molecule has 0 rings (SSSR count). The van der Waals surface area contributed by atoms with E-state index in [1.54, 1.807) is 0 Å². The van der Waals surface area contributed by atoms with Gasteiger partial charge in [-0.3, -0.25) is 0 Å². The Kier molecular flexibility index (Phi) is 44.3. The van der Waals surface area contributed by atoms with E-state index >= 15 is 0 Å². The van der Waals surface area contributed by atoms with Gasteiger partial charge in [-0.1, -0.05) is 0 Å². The molecule has 0 amide bonds. The van der Waals surface area contributed by atoms with Crippen LogP contribution in [0.25, 0.3) is 0 Å². The highest BCUT2D eigenvalue weighted by Crippen LogP contribution is 1.84. The second kappa shape index (κ2) is 10.7. The highest BCUT2D eigenvalue weighted by molar-refractivity contribution is 4.48. The minimum Gasteiger partial charge on any atom is -1.00 e. The Balaban J connectivity index is -0.0000000133. The molecule has 0 radical (unpaired) electrons. The predicted molar refractivity (Wildman–Crippen MR) is 33.5 cm³/mol. The van der Waals surface area contributed by atoms with Gasteiger partial charge in [0.05, 0.1) is 5.54 Å². The fourth-order valence-electron chi connectivity index (χ4n) is 0. The Hall–Kier alpha value is -0.230. The highest BCUT2D eigenvalue weighted by atomic mass is 19.0. The van der Waals surface area contributed by atoms with E-state index in [1.807, 2.05) is 0 Å². The van der Waals surface area contributed by atoms with Crippen LogP contribution in [0.3, 0.4) is 0 Å². The Morgan fingerprint density at radius 2 is 0.889 bits per heavy atom. The molecule has 0 aliphatic rings. The smallest absolute Gasteiger partial charge is 0.0860 e. The lowest BCUT2D eigenvalue weighted by Crippen LogP contribution is -3.00. The topological polar surface area (TPSA) is 122 Å². The number of hydrogen-bond donors (Lipinski definition) is 1. The number of rotatable bonds is 0. The van der Waals surface area contributed by atoms with Crippen LogP contribution in [0.5, 0.6) is 0 Å². The molecule has 0 aromatic heterocycles. The van der Waals surface area contributed by atoms with Crippen LogP contribution in [0.2, 0.25) is 0 Å². The summed E-state index contributed by atoms with van der Waals surface area (Å²) in [6.45, 7) is 6.23. The molecule has 9 N–H and O–H groups in total. The van der Waals surface area contributed by atoms with Crippen molar-refractivity contribution in [2.24, 2.45) is 0 Å².